The van der Waals surface area contributed by atoms with Crippen LogP contribution in [0.2, 0.25) is 0 Å². The number of allylic oxidation sites excluding steroid dienone is 1. The molecule has 0 aliphatic carbocycles. The minimum atomic E-state index is -1.24. The van der Waals surface area contributed by atoms with E-state index in [0.29, 0.717) is 16.9 Å². The molecule has 0 saturated carbocycles. The van der Waals surface area contributed by atoms with Gasteiger partial charge < -0.3 is 19.5 Å². The van der Waals surface area contributed by atoms with Crippen LogP contribution in [0.4, 0.5) is 5.69 Å². The molecule has 0 spiro atoms. The lowest BCUT2D eigenvalue weighted by Gasteiger charge is -2.29. The Morgan fingerprint density at radius 3 is 2.37 bits per heavy atom. The van der Waals surface area contributed by atoms with Gasteiger partial charge in [-0.2, -0.15) is 5.26 Å². The molecule has 2 aromatic rings. The number of piperidine rings is 1. The van der Waals surface area contributed by atoms with E-state index in [-0.39, 0.29) is 5.56 Å². The van der Waals surface area contributed by atoms with Crippen LogP contribution < -0.4 is 14.7 Å². The molecule has 5 heteroatoms. The number of carbonyl (C=O) groups is 1. The molecule has 5 nitrogen and oxygen atoms in total. The molecule has 0 amide bonds. The number of rotatable bonds is 5. The molecule has 1 saturated heterocycles. The number of anilines is 1. The number of carboxylic acids is 1. The molecular weight excluding hydrogens is 340 g/mol. The van der Waals surface area contributed by atoms with Gasteiger partial charge in [-0.05, 0) is 48.6 Å². The van der Waals surface area contributed by atoms with Gasteiger partial charge in [0.2, 0.25) is 0 Å². The number of nitrogens with zero attached hydrogens (tertiary/aromatic N) is 2. The van der Waals surface area contributed by atoms with Crippen LogP contribution in [0.25, 0.3) is 11.6 Å². The third kappa shape index (κ3) is 4.29. The maximum Gasteiger partial charge on any atom is 0.128 e. The SMILES string of the molecule is COc1cc(N2CCCCC2)ccc1/C=C(/C#N)c1ccc(C(=O)[O-])cc1. The summed E-state index contributed by atoms with van der Waals surface area (Å²) in [5, 5.41) is 20.4. The Hall–Kier alpha value is -3.26. The van der Waals surface area contributed by atoms with Crippen LogP contribution in [0.1, 0.15) is 40.7 Å². The quantitative estimate of drug-likeness (QED) is 0.604. The molecule has 0 bridgehead atoms. The number of carbonyl (C=O) groups excluding carboxylic acids is 1. The topological polar surface area (TPSA) is 76.4 Å². The van der Waals surface area contributed by atoms with Crippen LogP contribution in [0.5, 0.6) is 5.75 Å². The molecular formula is C22H21N2O3-. The van der Waals surface area contributed by atoms with Gasteiger partial charge in [0.05, 0.1) is 24.7 Å². The minimum absolute atomic E-state index is 0.0829. The first-order chi connectivity index (χ1) is 13.1. The summed E-state index contributed by atoms with van der Waals surface area (Å²) in [5.41, 5.74) is 3.09. The van der Waals surface area contributed by atoms with E-state index in [0.717, 1.165) is 24.3 Å². The molecule has 0 aromatic heterocycles. The van der Waals surface area contributed by atoms with Crippen molar-refractivity contribution in [3.8, 4) is 11.8 Å². The van der Waals surface area contributed by atoms with Crippen molar-refractivity contribution in [3.05, 3.63) is 59.2 Å². The van der Waals surface area contributed by atoms with Crippen molar-refractivity contribution in [2.45, 2.75) is 19.3 Å². The van der Waals surface area contributed by atoms with Crippen LogP contribution in [-0.2, 0) is 0 Å². The Balaban J connectivity index is 1.91. The number of methoxy groups -OCH3 is 1. The largest absolute Gasteiger partial charge is 0.545 e. The number of ether oxygens (including phenoxy) is 1. The van der Waals surface area contributed by atoms with Crippen molar-refractivity contribution >= 4 is 23.3 Å². The van der Waals surface area contributed by atoms with E-state index in [9.17, 15) is 15.2 Å². The number of benzene rings is 2. The summed E-state index contributed by atoms with van der Waals surface area (Å²) in [6.07, 6.45) is 5.43. The number of aromatic carboxylic acids is 1. The Morgan fingerprint density at radius 2 is 1.78 bits per heavy atom. The Morgan fingerprint density at radius 1 is 1.11 bits per heavy atom. The smallest absolute Gasteiger partial charge is 0.128 e. The zero-order valence-electron chi connectivity index (χ0n) is 15.3. The fourth-order valence-electron chi connectivity index (χ4n) is 3.29. The molecule has 27 heavy (non-hydrogen) atoms. The number of hydrogen-bond donors (Lipinski definition) is 0. The first-order valence-corrected chi connectivity index (χ1v) is 8.99. The predicted molar refractivity (Wildman–Crippen MR) is 103 cm³/mol. The van der Waals surface area contributed by atoms with Gasteiger partial charge in [-0.3, -0.25) is 0 Å². The second-order valence-corrected chi connectivity index (χ2v) is 6.51. The normalized spacial score (nSPS) is 14.5. The molecule has 1 heterocycles. The number of hydrogen-bond acceptors (Lipinski definition) is 5. The third-order valence-electron chi connectivity index (χ3n) is 4.79. The van der Waals surface area contributed by atoms with Gasteiger partial charge in [0.1, 0.15) is 5.75 Å². The van der Waals surface area contributed by atoms with E-state index in [1.54, 1.807) is 25.3 Å². The summed E-state index contributed by atoms with van der Waals surface area (Å²) in [6, 6.07) is 14.3. The highest BCUT2D eigenvalue weighted by Gasteiger charge is 2.13. The standard InChI is InChI=1S/C22H22N2O3/c1-27-21-14-20(24-11-3-2-4-12-24)10-9-18(21)13-19(15-23)16-5-7-17(8-6-16)22(25)26/h5-10,13-14H,2-4,11-12H2,1H3,(H,25,26)/p-1/b19-13-. The first-order valence-electron chi connectivity index (χ1n) is 8.99. The highest BCUT2D eigenvalue weighted by Crippen LogP contribution is 2.30. The van der Waals surface area contributed by atoms with Crippen molar-refractivity contribution in [2.24, 2.45) is 0 Å². The highest BCUT2D eigenvalue weighted by molar-refractivity contribution is 5.92. The Labute approximate surface area is 159 Å². The van der Waals surface area contributed by atoms with Gasteiger partial charge in [0.25, 0.3) is 0 Å². The van der Waals surface area contributed by atoms with E-state index in [4.69, 9.17) is 4.74 Å². The monoisotopic (exact) mass is 361 g/mol. The molecule has 138 valence electrons. The zero-order valence-corrected chi connectivity index (χ0v) is 15.3. The van der Waals surface area contributed by atoms with Crippen LogP contribution in [-0.4, -0.2) is 26.2 Å². The molecule has 2 aromatic carbocycles. The van der Waals surface area contributed by atoms with Gasteiger partial charge >= 0.3 is 0 Å². The van der Waals surface area contributed by atoms with Crippen molar-refractivity contribution in [1.29, 1.82) is 5.26 Å². The summed E-state index contributed by atoms with van der Waals surface area (Å²) in [7, 11) is 1.62. The van der Waals surface area contributed by atoms with Crippen LogP contribution in [0, 0.1) is 11.3 Å². The summed E-state index contributed by atoms with van der Waals surface area (Å²) in [4.78, 5) is 13.2. The summed E-state index contributed by atoms with van der Waals surface area (Å²) < 4.78 is 5.54. The van der Waals surface area contributed by atoms with Crippen LogP contribution in [0.15, 0.2) is 42.5 Å². The molecule has 0 atom stereocenters. The van der Waals surface area contributed by atoms with Gasteiger partial charge in [0, 0.05) is 30.4 Å². The number of carboxylic acid groups (broad SMARTS) is 1. The highest BCUT2D eigenvalue weighted by atomic mass is 16.5. The summed E-state index contributed by atoms with van der Waals surface area (Å²) in [6.45, 7) is 2.10. The molecule has 0 N–H and O–H groups in total. The summed E-state index contributed by atoms with van der Waals surface area (Å²) >= 11 is 0. The van der Waals surface area contributed by atoms with E-state index in [1.165, 1.54) is 31.4 Å². The van der Waals surface area contributed by atoms with E-state index >= 15 is 0 Å². The lowest BCUT2D eigenvalue weighted by molar-refractivity contribution is -0.255. The van der Waals surface area contributed by atoms with Gasteiger partial charge in [0.15, 0.2) is 0 Å². The molecule has 0 unspecified atom stereocenters. The lowest BCUT2D eigenvalue weighted by atomic mass is 10.0. The average molecular weight is 361 g/mol. The fraction of sp³-hybridized carbons (Fsp3) is 0.273. The number of nitriles is 1. The van der Waals surface area contributed by atoms with Crippen molar-refractivity contribution in [3.63, 3.8) is 0 Å². The first kappa shape index (κ1) is 18.5. The van der Waals surface area contributed by atoms with Crippen LogP contribution >= 0.6 is 0 Å². The van der Waals surface area contributed by atoms with Crippen molar-refractivity contribution in [1.82, 2.24) is 0 Å². The van der Waals surface area contributed by atoms with Gasteiger partial charge in [-0.25, -0.2) is 0 Å². The third-order valence-corrected chi connectivity index (χ3v) is 4.79. The molecule has 0 radical (unpaired) electrons. The molecule has 3 rings (SSSR count). The molecule has 1 fully saturated rings. The predicted octanol–water partition coefficient (Wildman–Crippen LogP) is 3.11. The molecule has 1 aliphatic heterocycles. The Bertz CT molecular complexity index is 889. The maximum atomic E-state index is 10.9. The lowest BCUT2D eigenvalue weighted by Crippen LogP contribution is -2.29. The van der Waals surface area contributed by atoms with Gasteiger partial charge in [-0.15, -0.1) is 0 Å². The maximum absolute atomic E-state index is 10.9. The van der Waals surface area contributed by atoms with Crippen molar-refractivity contribution < 1.29 is 14.6 Å². The van der Waals surface area contributed by atoms with Crippen LogP contribution in [0.3, 0.4) is 0 Å². The van der Waals surface area contributed by atoms with E-state index in [1.807, 2.05) is 18.2 Å². The van der Waals surface area contributed by atoms with E-state index in [2.05, 4.69) is 11.0 Å². The minimum Gasteiger partial charge on any atom is -0.545 e. The zero-order chi connectivity index (χ0) is 19.2. The van der Waals surface area contributed by atoms with Crippen molar-refractivity contribution in [2.75, 3.05) is 25.1 Å². The fourth-order valence-corrected chi connectivity index (χ4v) is 3.29. The summed E-state index contributed by atoms with van der Waals surface area (Å²) in [5.74, 6) is -0.531. The second kappa shape index (κ2) is 8.41. The van der Waals surface area contributed by atoms with Gasteiger partial charge in [-0.1, -0.05) is 24.3 Å². The van der Waals surface area contributed by atoms with E-state index < -0.39 is 5.97 Å². The Kier molecular flexibility index (Phi) is 5.77. The second-order valence-electron chi connectivity index (χ2n) is 6.51. The average Bonchev–Trinajstić information content (AvgIpc) is 2.72. The molecule has 1 aliphatic rings.